The van der Waals surface area contributed by atoms with Crippen molar-refractivity contribution in [3.8, 4) is 22.3 Å². The van der Waals surface area contributed by atoms with E-state index < -0.39 is 18.6 Å². The average Bonchev–Trinajstić information content (AvgIpc) is 3.68. The number of halogens is 2. The van der Waals surface area contributed by atoms with Gasteiger partial charge in [-0.3, -0.25) is 19.6 Å². The summed E-state index contributed by atoms with van der Waals surface area (Å²) in [6.07, 6.45) is 3.33. The van der Waals surface area contributed by atoms with Gasteiger partial charge in [0.1, 0.15) is 6.04 Å². The largest absolute Gasteiger partial charge is 0.480 e. The van der Waals surface area contributed by atoms with Crippen molar-refractivity contribution in [2.24, 2.45) is 0 Å². The lowest BCUT2D eigenvalue weighted by Gasteiger charge is -2.14. The van der Waals surface area contributed by atoms with Crippen LogP contribution in [0.2, 0.25) is 10.0 Å². The van der Waals surface area contributed by atoms with Gasteiger partial charge in [-0.05, 0) is 46.4 Å². The molecule has 1 saturated heterocycles. The van der Waals surface area contributed by atoms with E-state index in [1.54, 1.807) is 6.07 Å². The zero-order chi connectivity index (χ0) is 32.9. The topological polar surface area (TPSA) is 129 Å². The van der Waals surface area contributed by atoms with Crippen LogP contribution in [0.25, 0.3) is 33.2 Å². The highest BCUT2D eigenvalue weighted by Gasteiger charge is 2.20. The summed E-state index contributed by atoms with van der Waals surface area (Å²) >= 11 is 13.7. The number of benzene rings is 4. The molecule has 6 rings (SSSR count). The molecule has 1 unspecified atom stereocenters. The molecule has 0 spiro atoms. The van der Waals surface area contributed by atoms with Crippen molar-refractivity contribution in [3.05, 3.63) is 112 Å². The van der Waals surface area contributed by atoms with Crippen molar-refractivity contribution >= 4 is 46.0 Å². The number of hydrogen-bond donors (Lipinski definition) is 5. The second-order valence-corrected chi connectivity index (χ2v) is 12.5. The highest BCUT2D eigenvalue weighted by Crippen LogP contribution is 2.39. The Morgan fingerprint density at radius 3 is 2.45 bits per heavy atom. The SMILES string of the molecule is O=C1CCC(CNCc2ccc(-c3cccc(-c4cccc5c4cnn5Cc4ccc(CN[C@@H](CO)C(=O)O)cc4Cl)c3Cl)cc2)N1. The molecule has 0 bridgehead atoms. The minimum Gasteiger partial charge on any atom is -0.480 e. The predicted molar refractivity (Wildman–Crippen MR) is 184 cm³/mol. The number of amides is 1. The number of fused-ring (bicyclic) bond motifs is 1. The highest BCUT2D eigenvalue weighted by atomic mass is 35.5. The molecule has 1 aliphatic rings. The number of nitrogens with one attached hydrogen (secondary N) is 3. The van der Waals surface area contributed by atoms with Gasteiger partial charge in [0.05, 0.1) is 29.9 Å². The molecule has 5 N–H and O–H groups in total. The number of aromatic nitrogens is 2. The molecular weight excluding hydrogens is 637 g/mol. The van der Waals surface area contributed by atoms with E-state index in [1.807, 2.05) is 59.4 Å². The lowest BCUT2D eigenvalue weighted by molar-refractivity contribution is -0.140. The van der Waals surface area contributed by atoms with Gasteiger partial charge in [0, 0.05) is 53.6 Å². The Labute approximate surface area is 282 Å². The summed E-state index contributed by atoms with van der Waals surface area (Å²) < 4.78 is 1.90. The van der Waals surface area contributed by atoms with Gasteiger partial charge in [0.15, 0.2) is 0 Å². The van der Waals surface area contributed by atoms with Gasteiger partial charge in [0.25, 0.3) is 0 Å². The molecule has 1 fully saturated rings. The number of aliphatic carboxylic acids is 1. The maximum Gasteiger partial charge on any atom is 0.323 e. The van der Waals surface area contributed by atoms with E-state index in [9.17, 15) is 14.7 Å². The third kappa shape index (κ3) is 7.51. The van der Waals surface area contributed by atoms with E-state index in [-0.39, 0.29) is 18.5 Å². The third-order valence-corrected chi connectivity index (χ3v) is 9.28. The van der Waals surface area contributed by atoms with Crippen molar-refractivity contribution in [2.45, 2.75) is 44.6 Å². The molecule has 1 aliphatic heterocycles. The molecule has 9 nitrogen and oxygen atoms in total. The highest BCUT2D eigenvalue weighted by molar-refractivity contribution is 6.36. The first-order chi connectivity index (χ1) is 22.8. The fraction of sp³-hybridized carbons (Fsp3) is 0.250. The minimum atomic E-state index is -1.11. The molecule has 47 heavy (non-hydrogen) atoms. The number of carboxylic acid groups (broad SMARTS) is 1. The quantitative estimate of drug-likeness (QED) is 0.110. The van der Waals surface area contributed by atoms with E-state index in [0.29, 0.717) is 23.0 Å². The van der Waals surface area contributed by atoms with Gasteiger partial charge < -0.3 is 20.8 Å². The van der Waals surface area contributed by atoms with Crippen LogP contribution in [0.15, 0.2) is 85.1 Å². The van der Waals surface area contributed by atoms with Crippen LogP contribution >= 0.6 is 23.2 Å². The van der Waals surface area contributed by atoms with Gasteiger partial charge in [-0.1, -0.05) is 89.9 Å². The fourth-order valence-corrected chi connectivity index (χ4v) is 6.51. The van der Waals surface area contributed by atoms with Crippen LogP contribution in [0.4, 0.5) is 0 Å². The first-order valence-electron chi connectivity index (χ1n) is 15.5. The number of carbonyl (C=O) groups is 2. The number of nitrogens with zero attached hydrogens (tertiary/aromatic N) is 2. The Morgan fingerprint density at radius 2 is 1.72 bits per heavy atom. The normalized spacial score (nSPS) is 15.2. The first kappa shape index (κ1) is 32.7. The summed E-state index contributed by atoms with van der Waals surface area (Å²) in [5.41, 5.74) is 7.62. The van der Waals surface area contributed by atoms with E-state index in [4.69, 9.17) is 28.3 Å². The van der Waals surface area contributed by atoms with Crippen molar-refractivity contribution in [1.29, 1.82) is 0 Å². The zero-order valence-corrected chi connectivity index (χ0v) is 27.1. The Balaban J connectivity index is 1.17. The number of rotatable bonds is 13. The average molecular weight is 673 g/mol. The molecule has 4 aromatic carbocycles. The predicted octanol–water partition coefficient (Wildman–Crippen LogP) is 5.63. The van der Waals surface area contributed by atoms with Crippen LogP contribution in [0.1, 0.15) is 29.5 Å². The Hall–Kier alpha value is -4.25. The molecule has 5 aromatic rings. The van der Waals surface area contributed by atoms with Gasteiger partial charge >= 0.3 is 5.97 Å². The van der Waals surface area contributed by atoms with Gasteiger partial charge in [-0.2, -0.15) is 5.10 Å². The van der Waals surface area contributed by atoms with Crippen LogP contribution in [0.3, 0.4) is 0 Å². The van der Waals surface area contributed by atoms with E-state index in [2.05, 4.69) is 45.3 Å². The van der Waals surface area contributed by atoms with Crippen molar-refractivity contribution < 1.29 is 19.8 Å². The maximum atomic E-state index is 11.4. The van der Waals surface area contributed by atoms with Crippen LogP contribution in [0, 0.1) is 0 Å². The molecule has 1 amide bonds. The Kier molecular flexibility index (Phi) is 10.2. The third-order valence-electron chi connectivity index (χ3n) is 8.52. The van der Waals surface area contributed by atoms with Gasteiger partial charge in [0.2, 0.25) is 5.91 Å². The van der Waals surface area contributed by atoms with Gasteiger partial charge in [-0.15, -0.1) is 0 Å². The van der Waals surface area contributed by atoms with Gasteiger partial charge in [-0.25, -0.2) is 0 Å². The minimum absolute atomic E-state index is 0.127. The molecule has 2 heterocycles. The molecule has 2 atom stereocenters. The second-order valence-electron chi connectivity index (χ2n) is 11.7. The van der Waals surface area contributed by atoms with E-state index in [1.165, 1.54) is 0 Å². The summed E-state index contributed by atoms with van der Waals surface area (Å²) in [5.74, 6) is -0.984. The monoisotopic (exact) mass is 671 g/mol. The molecule has 0 aliphatic carbocycles. The Bertz CT molecular complexity index is 1910. The van der Waals surface area contributed by atoms with Crippen molar-refractivity contribution in [1.82, 2.24) is 25.7 Å². The molecule has 242 valence electrons. The number of aliphatic hydroxyl groups excluding tert-OH is 1. The van der Waals surface area contributed by atoms with Crippen LogP contribution < -0.4 is 16.0 Å². The van der Waals surface area contributed by atoms with Crippen LogP contribution in [-0.4, -0.2) is 57.1 Å². The molecule has 1 aromatic heterocycles. The summed E-state index contributed by atoms with van der Waals surface area (Å²) in [5, 5.41) is 34.5. The lowest BCUT2D eigenvalue weighted by atomic mass is 9.96. The van der Waals surface area contributed by atoms with Crippen LogP contribution in [-0.2, 0) is 29.2 Å². The Morgan fingerprint density at radius 1 is 0.979 bits per heavy atom. The summed E-state index contributed by atoms with van der Waals surface area (Å²) in [7, 11) is 0. The molecular formula is C36H35Cl2N5O4. The molecule has 0 radical (unpaired) electrons. The smallest absolute Gasteiger partial charge is 0.323 e. The molecule has 11 heteroatoms. The van der Waals surface area contributed by atoms with Crippen molar-refractivity contribution in [2.75, 3.05) is 13.2 Å². The molecule has 0 saturated carbocycles. The maximum absolute atomic E-state index is 11.4. The standard InChI is InChI=1S/C36H35Cl2N5O4/c37-31-15-23(17-40-32(21-44)36(46)47)9-12-25(31)20-43-33-6-2-4-28(30(33)19-41-43)29-5-1-3-27(35(29)38)24-10-7-22(8-11-24)16-39-18-26-13-14-34(45)42-26/h1-12,15,19,26,32,39-40,44H,13-14,16-18,20-21H2,(H,42,45)(H,46,47)/t26?,32-/m0/s1. The summed E-state index contributed by atoms with van der Waals surface area (Å²) in [6.45, 7) is 1.67. The van der Waals surface area contributed by atoms with E-state index in [0.717, 1.165) is 69.4 Å². The fourth-order valence-electron chi connectivity index (χ4n) is 5.91. The second kappa shape index (κ2) is 14.7. The number of aliphatic hydroxyl groups is 1. The number of carbonyl (C=O) groups excluding carboxylic acids is 1. The lowest BCUT2D eigenvalue weighted by Crippen LogP contribution is -2.39. The van der Waals surface area contributed by atoms with Crippen molar-refractivity contribution in [3.63, 3.8) is 0 Å². The van der Waals surface area contributed by atoms with E-state index >= 15 is 0 Å². The summed E-state index contributed by atoms with van der Waals surface area (Å²) in [6, 6.07) is 25.2. The number of hydrogen-bond acceptors (Lipinski definition) is 6. The van der Waals surface area contributed by atoms with Crippen LogP contribution in [0.5, 0.6) is 0 Å². The number of carboxylic acids is 1. The zero-order valence-electron chi connectivity index (χ0n) is 25.5. The first-order valence-corrected chi connectivity index (χ1v) is 16.2. The summed E-state index contributed by atoms with van der Waals surface area (Å²) in [4.78, 5) is 22.6.